The summed E-state index contributed by atoms with van der Waals surface area (Å²) in [5.74, 6) is 0.135. The van der Waals surface area contributed by atoms with E-state index in [4.69, 9.17) is 21.4 Å². The number of ether oxygens (including phenoxy) is 1. The summed E-state index contributed by atoms with van der Waals surface area (Å²) in [6.07, 6.45) is 1.63. The molecule has 0 aliphatic carbocycles. The number of nitrogens with zero attached hydrogens (tertiary/aromatic N) is 4. The number of pyridine rings is 1. The quantitative estimate of drug-likeness (QED) is 0.273. The molecule has 8 heteroatoms. The average molecular weight is 513 g/mol. The van der Waals surface area contributed by atoms with Gasteiger partial charge < -0.3 is 4.74 Å². The molecule has 0 saturated heterocycles. The number of rotatable bonds is 6. The third-order valence-electron chi connectivity index (χ3n) is 6.47. The van der Waals surface area contributed by atoms with Crippen LogP contribution in [0.1, 0.15) is 32.9 Å². The maximum atomic E-state index is 13.6. The van der Waals surface area contributed by atoms with E-state index < -0.39 is 0 Å². The molecule has 5 aromatic rings. The highest BCUT2D eigenvalue weighted by molar-refractivity contribution is 6.30. The van der Waals surface area contributed by atoms with Gasteiger partial charge in [0, 0.05) is 22.5 Å². The number of halogens is 1. The minimum Gasteiger partial charge on any atom is -0.482 e. The van der Waals surface area contributed by atoms with Gasteiger partial charge in [-0.1, -0.05) is 23.7 Å². The zero-order chi connectivity index (χ0) is 26.3. The summed E-state index contributed by atoms with van der Waals surface area (Å²) < 4.78 is 9.08. The largest absolute Gasteiger partial charge is 0.482 e. The molecule has 0 spiro atoms. The van der Waals surface area contributed by atoms with Crippen molar-refractivity contribution in [1.29, 1.82) is 0 Å². The lowest BCUT2D eigenvalue weighted by Crippen LogP contribution is -2.20. The Bertz CT molecular complexity index is 1720. The lowest BCUT2D eigenvalue weighted by atomic mass is 10.1. The van der Waals surface area contributed by atoms with Crippen molar-refractivity contribution in [2.45, 2.75) is 27.7 Å². The van der Waals surface area contributed by atoms with Crippen LogP contribution in [0.15, 0.2) is 71.7 Å². The van der Waals surface area contributed by atoms with Crippen LogP contribution in [0, 0.1) is 27.7 Å². The van der Waals surface area contributed by atoms with Crippen LogP contribution in [0.25, 0.3) is 22.6 Å². The normalized spacial score (nSPS) is 11.2. The molecule has 37 heavy (non-hydrogen) atoms. The van der Waals surface area contributed by atoms with Crippen LogP contribution in [0.3, 0.4) is 0 Å². The van der Waals surface area contributed by atoms with E-state index in [1.165, 1.54) is 9.96 Å². The molecule has 3 heterocycles. The molecule has 0 saturated carbocycles. The van der Waals surface area contributed by atoms with Crippen LogP contribution in [-0.4, -0.2) is 31.6 Å². The number of carbonyl (C=O) groups is 1. The molecule has 0 radical (unpaired) electrons. The van der Waals surface area contributed by atoms with Crippen LogP contribution in [0.5, 0.6) is 5.75 Å². The highest BCUT2D eigenvalue weighted by Crippen LogP contribution is 2.25. The van der Waals surface area contributed by atoms with Crippen molar-refractivity contribution in [2.24, 2.45) is 0 Å². The first-order valence-electron chi connectivity index (χ1n) is 11.8. The topological polar surface area (TPSA) is 78.5 Å². The lowest BCUT2D eigenvalue weighted by molar-refractivity contribution is 0.0922. The van der Waals surface area contributed by atoms with E-state index in [0.717, 1.165) is 16.9 Å². The van der Waals surface area contributed by atoms with E-state index in [9.17, 15) is 9.59 Å². The first kappa shape index (κ1) is 24.5. The Morgan fingerprint density at radius 3 is 2.51 bits per heavy atom. The molecule has 3 aromatic heterocycles. The lowest BCUT2D eigenvalue weighted by Gasteiger charge is -2.12. The highest BCUT2D eigenvalue weighted by atomic mass is 35.5. The van der Waals surface area contributed by atoms with Gasteiger partial charge >= 0.3 is 0 Å². The fourth-order valence-electron chi connectivity index (χ4n) is 4.32. The minimum atomic E-state index is -0.261. The Morgan fingerprint density at radius 1 is 1.00 bits per heavy atom. The van der Waals surface area contributed by atoms with Crippen LogP contribution in [0.4, 0.5) is 0 Å². The first-order valence-corrected chi connectivity index (χ1v) is 12.2. The number of hydrogen-bond acceptors (Lipinski definition) is 5. The summed E-state index contributed by atoms with van der Waals surface area (Å²) in [4.78, 5) is 30.9. The van der Waals surface area contributed by atoms with Crippen molar-refractivity contribution >= 4 is 23.0 Å². The Balaban J connectivity index is 1.51. The van der Waals surface area contributed by atoms with Gasteiger partial charge in [0.1, 0.15) is 5.69 Å². The number of hydrogen-bond donors (Lipinski definition) is 0. The summed E-state index contributed by atoms with van der Waals surface area (Å²) in [7, 11) is 0. The molecule has 0 N–H and O–H groups in total. The Hall–Kier alpha value is -4.23. The zero-order valence-corrected chi connectivity index (χ0v) is 21.7. The highest BCUT2D eigenvalue weighted by Gasteiger charge is 2.19. The van der Waals surface area contributed by atoms with Gasteiger partial charge in [0.15, 0.2) is 23.8 Å². The van der Waals surface area contributed by atoms with Gasteiger partial charge in [0.2, 0.25) is 0 Å². The van der Waals surface area contributed by atoms with Gasteiger partial charge in [-0.2, -0.15) is 5.10 Å². The number of aryl methyl sites for hydroxylation is 3. The molecule has 7 nitrogen and oxygen atoms in total. The van der Waals surface area contributed by atoms with Crippen LogP contribution >= 0.6 is 11.6 Å². The fraction of sp³-hybridized carbons (Fsp3) is 0.172. The second-order valence-electron chi connectivity index (χ2n) is 8.96. The van der Waals surface area contributed by atoms with Crippen molar-refractivity contribution in [3.05, 3.63) is 110 Å². The predicted molar refractivity (Wildman–Crippen MR) is 144 cm³/mol. The van der Waals surface area contributed by atoms with E-state index >= 15 is 0 Å². The Morgan fingerprint density at radius 2 is 1.76 bits per heavy atom. The molecular formula is C29H25ClN4O3. The summed E-state index contributed by atoms with van der Waals surface area (Å²) in [5, 5.41) is 5.33. The van der Waals surface area contributed by atoms with Crippen molar-refractivity contribution < 1.29 is 9.53 Å². The van der Waals surface area contributed by atoms with Crippen molar-refractivity contribution in [2.75, 3.05) is 6.61 Å². The van der Waals surface area contributed by atoms with E-state index in [2.05, 4.69) is 24.9 Å². The molecule has 2 aromatic carbocycles. The van der Waals surface area contributed by atoms with Gasteiger partial charge in [-0.3, -0.25) is 14.0 Å². The molecule has 0 unspecified atom stereocenters. The van der Waals surface area contributed by atoms with E-state index in [-0.39, 0.29) is 17.9 Å². The summed E-state index contributed by atoms with van der Waals surface area (Å²) in [5.41, 5.74) is 6.22. The molecule has 0 fully saturated rings. The van der Waals surface area contributed by atoms with Crippen molar-refractivity contribution in [3.8, 4) is 22.7 Å². The van der Waals surface area contributed by atoms with E-state index in [1.54, 1.807) is 49.5 Å². The molecule has 0 aliphatic rings. The molecule has 0 bridgehead atoms. The van der Waals surface area contributed by atoms with Crippen molar-refractivity contribution in [1.82, 2.24) is 19.2 Å². The molecule has 5 rings (SSSR count). The monoisotopic (exact) mass is 512 g/mol. The van der Waals surface area contributed by atoms with Gasteiger partial charge in [0.05, 0.1) is 16.9 Å². The number of benzene rings is 2. The number of aromatic nitrogens is 4. The molecular weight excluding hydrogens is 488 g/mol. The van der Waals surface area contributed by atoms with E-state index in [1.807, 2.05) is 29.8 Å². The second-order valence-corrected chi connectivity index (χ2v) is 9.40. The number of fused-ring (bicyclic) bond motifs is 1. The second kappa shape index (κ2) is 9.67. The van der Waals surface area contributed by atoms with Crippen LogP contribution in [-0.2, 0) is 0 Å². The van der Waals surface area contributed by atoms with E-state index in [0.29, 0.717) is 38.9 Å². The summed E-state index contributed by atoms with van der Waals surface area (Å²) in [6.45, 7) is 7.66. The van der Waals surface area contributed by atoms with Gasteiger partial charge in [0.25, 0.3) is 5.56 Å². The van der Waals surface area contributed by atoms with Crippen LogP contribution < -0.4 is 10.3 Å². The average Bonchev–Trinajstić information content (AvgIpc) is 3.25. The molecule has 0 aliphatic heterocycles. The Labute approximate surface area is 218 Å². The maximum absolute atomic E-state index is 13.6. The number of ketones is 1. The van der Waals surface area contributed by atoms with Crippen LogP contribution in [0.2, 0.25) is 5.02 Å². The molecule has 0 atom stereocenters. The minimum absolute atomic E-state index is 0.197. The zero-order valence-electron chi connectivity index (χ0n) is 20.9. The fourth-order valence-corrected chi connectivity index (χ4v) is 4.44. The molecule has 0 amide bonds. The summed E-state index contributed by atoms with van der Waals surface area (Å²) >= 11 is 5.91. The third-order valence-corrected chi connectivity index (χ3v) is 6.72. The van der Waals surface area contributed by atoms with Gasteiger partial charge in [-0.05, 0) is 87.4 Å². The maximum Gasteiger partial charge on any atom is 0.267 e. The number of carbonyl (C=O) groups excluding carboxylic acids is 1. The SMILES string of the molecule is Cc1cccc(-n2nc(-c3c(C)nc4c(OCC(=O)c5ccc(Cl)cc5)cccn4c3=O)cc2C)c1C. The third kappa shape index (κ3) is 4.54. The van der Waals surface area contributed by atoms with Crippen molar-refractivity contribution in [3.63, 3.8) is 0 Å². The van der Waals surface area contributed by atoms with Gasteiger partial charge in [-0.15, -0.1) is 0 Å². The van der Waals surface area contributed by atoms with Gasteiger partial charge in [-0.25, -0.2) is 9.67 Å². The summed E-state index contributed by atoms with van der Waals surface area (Å²) in [6, 6.07) is 18.0. The predicted octanol–water partition coefficient (Wildman–Crippen LogP) is 5.70. The standard InChI is InChI=1S/C29H25ClN4O3/c1-17-7-5-8-24(19(17)3)34-18(2)15-23(32-34)27-20(4)31-28-26(9-6-14-33(28)29(27)36)37-16-25(35)21-10-12-22(30)13-11-21/h5-15H,16H2,1-4H3. The molecule has 186 valence electrons. The Kier molecular flexibility index (Phi) is 6.39. The first-order chi connectivity index (χ1) is 17.7. The smallest absolute Gasteiger partial charge is 0.267 e. The number of Topliss-reactive ketones (excluding diaryl/α,β-unsaturated/α-hetero) is 1.